The maximum absolute atomic E-state index is 11.4. The van der Waals surface area contributed by atoms with E-state index in [1.54, 1.807) is 18.3 Å². The van der Waals surface area contributed by atoms with Crippen LogP contribution in [0.1, 0.15) is 18.9 Å². The molecule has 7 nitrogen and oxygen atoms in total. The smallest absolute Gasteiger partial charge is 0.278 e. The summed E-state index contributed by atoms with van der Waals surface area (Å²) in [5.41, 5.74) is 2.24. The normalized spacial score (nSPS) is 11.1. The molecule has 0 aliphatic heterocycles. The van der Waals surface area contributed by atoms with Crippen molar-refractivity contribution in [1.29, 1.82) is 0 Å². The fourth-order valence-electron chi connectivity index (χ4n) is 3.28. The summed E-state index contributed by atoms with van der Waals surface area (Å²) in [6.07, 6.45) is 4.12. The molecule has 4 aromatic rings. The van der Waals surface area contributed by atoms with E-state index in [-0.39, 0.29) is 10.6 Å². The Morgan fingerprint density at radius 3 is 2.76 bits per heavy atom. The Morgan fingerprint density at radius 2 is 2.00 bits per heavy atom. The predicted octanol–water partition coefficient (Wildman–Crippen LogP) is 5.27. The summed E-state index contributed by atoms with van der Waals surface area (Å²) in [6, 6.07) is 13.3. The molecule has 29 heavy (non-hydrogen) atoms. The highest BCUT2D eigenvalue weighted by molar-refractivity contribution is 7.99. The molecule has 4 rings (SSSR count). The standard InChI is InChI=1S/C21H19N5O2S/c1-3-11-25-20(15-6-4-5-14(2)12-15)23-24-21(25)29-19-8-7-18(26(27)28)17-13-22-10-9-16(17)19/h4-10,12-13H,3,11H2,1-2H3. The molecule has 0 amide bonds. The van der Waals surface area contributed by atoms with Crippen molar-refractivity contribution in [2.45, 2.75) is 36.9 Å². The van der Waals surface area contributed by atoms with Gasteiger partial charge >= 0.3 is 0 Å². The van der Waals surface area contributed by atoms with Crippen molar-refractivity contribution >= 4 is 28.2 Å². The molecule has 0 saturated carbocycles. The van der Waals surface area contributed by atoms with Crippen molar-refractivity contribution in [1.82, 2.24) is 19.7 Å². The number of aromatic nitrogens is 4. The number of nitro benzene ring substituents is 1. The molecule has 0 aliphatic carbocycles. The first-order valence-electron chi connectivity index (χ1n) is 9.27. The summed E-state index contributed by atoms with van der Waals surface area (Å²) >= 11 is 1.46. The van der Waals surface area contributed by atoms with Crippen LogP contribution in [0, 0.1) is 17.0 Å². The van der Waals surface area contributed by atoms with Crippen LogP contribution < -0.4 is 0 Å². The molecule has 2 aromatic heterocycles. The van der Waals surface area contributed by atoms with Crippen LogP contribution in [0.3, 0.4) is 0 Å². The van der Waals surface area contributed by atoms with Gasteiger partial charge in [-0.1, -0.05) is 30.7 Å². The van der Waals surface area contributed by atoms with E-state index in [2.05, 4.69) is 45.7 Å². The summed E-state index contributed by atoms with van der Waals surface area (Å²) < 4.78 is 2.11. The lowest BCUT2D eigenvalue weighted by atomic mass is 10.1. The highest BCUT2D eigenvalue weighted by Gasteiger charge is 2.19. The zero-order valence-electron chi connectivity index (χ0n) is 16.1. The minimum absolute atomic E-state index is 0.0490. The van der Waals surface area contributed by atoms with Gasteiger partial charge in [0.2, 0.25) is 0 Å². The van der Waals surface area contributed by atoms with Gasteiger partial charge in [0.1, 0.15) is 0 Å². The predicted molar refractivity (Wildman–Crippen MR) is 113 cm³/mol. The molecule has 0 unspecified atom stereocenters. The molecule has 0 fully saturated rings. The van der Waals surface area contributed by atoms with E-state index in [0.717, 1.165) is 45.4 Å². The summed E-state index contributed by atoms with van der Waals surface area (Å²) in [6.45, 7) is 4.95. The van der Waals surface area contributed by atoms with Crippen LogP contribution in [-0.2, 0) is 6.54 Å². The Morgan fingerprint density at radius 1 is 1.14 bits per heavy atom. The number of pyridine rings is 1. The van der Waals surface area contributed by atoms with E-state index in [4.69, 9.17) is 0 Å². The third-order valence-corrected chi connectivity index (χ3v) is 5.65. The van der Waals surface area contributed by atoms with Crippen LogP contribution in [0.25, 0.3) is 22.2 Å². The first-order valence-corrected chi connectivity index (χ1v) is 10.1. The highest BCUT2D eigenvalue weighted by atomic mass is 32.2. The third kappa shape index (κ3) is 3.71. The van der Waals surface area contributed by atoms with Crippen molar-refractivity contribution in [3.63, 3.8) is 0 Å². The molecule has 2 aromatic carbocycles. The number of benzene rings is 2. The second-order valence-corrected chi connectivity index (χ2v) is 7.70. The summed E-state index contributed by atoms with van der Waals surface area (Å²) in [5.74, 6) is 0.825. The number of nitrogens with zero attached hydrogens (tertiary/aromatic N) is 5. The number of hydrogen-bond acceptors (Lipinski definition) is 6. The van der Waals surface area contributed by atoms with Crippen molar-refractivity contribution < 1.29 is 4.92 Å². The summed E-state index contributed by atoms with van der Waals surface area (Å²) in [5, 5.41) is 22.3. The molecule has 0 saturated heterocycles. The van der Waals surface area contributed by atoms with Gasteiger partial charge in [0.05, 0.1) is 10.3 Å². The maximum Gasteiger partial charge on any atom is 0.278 e. The second-order valence-electron chi connectivity index (χ2n) is 6.69. The van der Waals surface area contributed by atoms with Crippen LogP contribution in [0.2, 0.25) is 0 Å². The van der Waals surface area contributed by atoms with Gasteiger partial charge in [0.15, 0.2) is 11.0 Å². The van der Waals surface area contributed by atoms with Crippen molar-refractivity contribution in [2.24, 2.45) is 0 Å². The van der Waals surface area contributed by atoms with Gasteiger partial charge in [-0.15, -0.1) is 10.2 Å². The monoisotopic (exact) mass is 405 g/mol. The molecule has 0 spiro atoms. The lowest BCUT2D eigenvalue weighted by Gasteiger charge is -2.10. The molecule has 0 N–H and O–H groups in total. The zero-order chi connectivity index (χ0) is 20.4. The first kappa shape index (κ1) is 19.1. The van der Waals surface area contributed by atoms with Crippen LogP contribution in [-0.4, -0.2) is 24.7 Å². The van der Waals surface area contributed by atoms with E-state index in [9.17, 15) is 10.1 Å². The van der Waals surface area contributed by atoms with Gasteiger partial charge in [-0.2, -0.15) is 0 Å². The number of aryl methyl sites for hydroxylation is 1. The number of non-ortho nitro benzene ring substituents is 1. The topological polar surface area (TPSA) is 86.7 Å². The number of hydrogen-bond donors (Lipinski definition) is 0. The van der Waals surface area contributed by atoms with E-state index in [1.807, 2.05) is 12.1 Å². The third-order valence-electron chi connectivity index (χ3n) is 4.59. The Labute approximate surface area is 172 Å². The maximum atomic E-state index is 11.4. The molecule has 8 heteroatoms. The Kier molecular flexibility index (Phi) is 5.26. The summed E-state index contributed by atoms with van der Waals surface area (Å²) in [4.78, 5) is 15.9. The first-order chi connectivity index (χ1) is 14.1. The SMILES string of the molecule is CCCn1c(Sc2ccc([N+](=O)[O-])c3cnccc23)nnc1-c1cccc(C)c1. The molecule has 0 radical (unpaired) electrons. The minimum Gasteiger partial charge on any atom is -0.302 e. The number of rotatable bonds is 6. The van der Waals surface area contributed by atoms with E-state index >= 15 is 0 Å². The largest absolute Gasteiger partial charge is 0.302 e. The Hall–Kier alpha value is -3.26. The fraction of sp³-hybridized carbons (Fsp3) is 0.190. The Bertz CT molecular complexity index is 1200. The second kappa shape index (κ2) is 8.00. The van der Waals surface area contributed by atoms with Crippen LogP contribution in [0.4, 0.5) is 5.69 Å². The van der Waals surface area contributed by atoms with Crippen molar-refractivity contribution in [3.05, 3.63) is 70.5 Å². The lowest BCUT2D eigenvalue weighted by Crippen LogP contribution is -2.02. The molecule has 0 atom stereocenters. The van der Waals surface area contributed by atoms with Gasteiger partial charge in [-0.25, -0.2) is 0 Å². The van der Waals surface area contributed by atoms with Gasteiger partial charge in [-0.3, -0.25) is 15.1 Å². The van der Waals surface area contributed by atoms with E-state index < -0.39 is 0 Å². The number of nitro groups is 1. The van der Waals surface area contributed by atoms with Crippen molar-refractivity contribution in [2.75, 3.05) is 0 Å². The molecule has 2 heterocycles. The Balaban J connectivity index is 1.79. The van der Waals surface area contributed by atoms with Crippen molar-refractivity contribution in [3.8, 4) is 11.4 Å². The zero-order valence-corrected chi connectivity index (χ0v) is 16.9. The average Bonchev–Trinajstić information content (AvgIpc) is 3.11. The molecular weight excluding hydrogens is 386 g/mol. The van der Waals surface area contributed by atoms with E-state index in [1.165, 1.54) is 24.0 Å². The number of fused-ring (bicyclic) bond motifs is 1. The van der Waals surface area contributed by atoms with E-state index in [0.29, 0.717) is 5.39 Å². The fourth-order valence-corrected chi connectivity index (χ4v) is 4.27. The van der Waals surface area contributed by atoms with Crippen LogP contribution >= 0.6 is 11.8 Å². The van der Waals surface area contributed by atoms with Gasteiger partial charge in [-0.05, 0) is 43.3 Å². The molecule has 0 bridgehead atoms. The lowest BCUT2D eigenvalue weighted by molar-refractivity contribution is -0.383. The quantitative estimate of drug-likeness (QED) is 0.321. The molecule has 0 aliphatic rings. The summed E-state index contributed by atoms with van der Waals surface area (Å²) in [7, 11) is 0. The van der Waals surface area contributed by atoms with Gasteiger partial charge in [0, 0.05) is 40.8 Å². The molecular formula is C21H19N5O2S. The van der Waals surface area contributed by atoms with Gasteiger partial charge < -0.3 is 4.57 Å². The van der Waals surface area contributed by atoms with Crippen LogP contribution in [0.5, 0.6) is 0 Å². The average molecular weight is 405 g/mol. The van der Waals surface area contributed by atoms with Crippen LogP contribution in [0.15, 0.2) is 64.9 Å². The van der Waals surface area contributed by atoms with Gasteiger partial charge in [0.25, 0.3) is 5.69 Å². The highest BCUT2D eigenvalue weighted by Crippen LogP contribution is 2.37. The molecule has 146 valence electrons. The minimum atomic E-state index is -0.381.